The average molecular weight is 197 g/mol. The summed E-state index contributed by atoms with van der Waals surface area (Å²) >= 11 is 3.38. The Morgan fingerprint density at radius 2 is 1.33 bits per heavy atom. The first kappa shape index (κ1) is 17.0. The van der Waals surface area contributed by atoms with Crippen molar-refractivity contribution in [3.63, 3.8) is 0 Å². The number of rotatable bonds is 0. The second-order valence-electron chi connectivity index (χ2n) is 0.584. The summed E-state index contributed by atoms with van der Waals surface area (Å²) in [6, 6.07) is 0. The van der Waals surface area contributed by atoms with E-state index >= 15 is 0 Å². The van der Waals surface area contributed by atoms with E-state index in [2.05, 4.69) is 11.8 Å². The molecule has 1 radical (unpaired) electrons. The van der Waals surface area contributed by atoms with E-state index in [-0.39, 0.29) is 45.4 Å². The largest absolute Gasteiger partial charge is 2.00 e. The number of hydrogen-bond acceptors (Lipinski definition) is 5. The molecule has 0 aliphatic carbocycles. The second-order valence-corrected chi connectivity index (χ2v) is 2.91. The third-order valence-corrected chi connectivity index (χ3v) is 0. The first-order valence-corrected chi connectivity index (χ1v) is 3.86. The van der Waals surface area contributed by atoms with E-state index in [4.69, 9.17) is 24.7 Å². The normalized spacial score (nSPS) is 8.11. The van der Waals surface area contributed by atoms with Crippen LogP contribution in [-0.2, 0) is 11.8 Å². The Hall–Kier alpha value is 1.77. The van der Waals surface area contributed by atoms with Crippen molar-refractivity contribution in [1.82, 2.24) is 0 Å². The molecule has 0 saturated carbocycles. The minimum atomic E-state index is -4.31. The zero-order valence-electron chi connectivity index (χ0n) is 4.30. The van der Waals surface area contributed by atoms with Crippen LogP contribution in [-0.4, -0.2) is 60.4 Å². The SMILES string of the molecule is O[B]O.[Ca+2].[O-]P([O-])(O)=S. The molecule has 0 bridgehead atoms. The van der Waals surface area contributed by atoms with Crippen molar-refractivity contribution < 1.29 is 24.7 Å². The molecule has 0 aliphatic rings. The van der Waals surface area contributed by atoms with Gasteiger partial charge in [0.05, 0.1) is 0 Å². The maximum atomic E-state index is 9.03. The molecule has 0 aromatic heterocycles. The van der Waals surface area contributed by atoms with Gasteiger partial charge in [0.2, 0.25) is 0 Å². The molecule has 0 heterocycles. The maximum absolute atomic E-state index is 9.03. The van der Waals surface area contributed by atoms with Crippen molar-refractivity contribution in [2.45, 2.75) is 0 Å². The fourth-order valence-electron chi connectivity index (χ4n) is 0. The van der Waals surface area contributed by atoms with Crippen molar-refractivity contribution in [3.8, 4) is 0 Å². The molecule has 0 spiro atoms. The molecule has 3 N–H and O–H groups in total. The minimum Gasteiger partial charge on any atom is -0.812 e. The van der Waals surface area contributed by atoms with Gasteiger partial charge in [0.1, 0.15) is 0 Å². The predicted molar refractivity (Wildman–Crippen MR) is 32.4 cm³/mol. The summed E-state index contributed by atoms with van der Waals surface area (Å²) in [5, 5.41) is 14.0. The van der Waals surface area contributed by atoms with Crippen LogP contribution in [0.25, 0.3) is 0 Å². The van der Waals surface area contributed by atoms with Crippen LogP contribution in [0.15, 0.2) is 0 Å². The Morgan fingerprint density at radius 1 is 1.33 bits per heavy atom. The monoisotopic (exact) mass is 197 g/mol. The second kappa shape index (κ2) is 9.77. The van der Waals surface area contributed by atoms with E-state index in [1.54, 1.807) is 0 Å². The Balaban J connectivity index is -0.0000000800. The third-order valence-electron chi connectivity index (χ3n) is 0. The van der Waals surface area contributed by atoms with Gasteiger partial charge in [-0.1, -0.05) is 6.72 Å². The molecular weight excluding hydrogens is 194 g/mol. The van der Waals surface area contributed by atoms with E-state index < -0.39 is 6.72 Å². The van der Waals surface area contributed by atoms with Gasteiger partial charge < -0.3 is 24.7 Å². The summed E-state index contributed by atoms with van der Waals surface area (Å²) in [5.74, 6) is 0. The summed E-state index contributed by atoms with van der Waals surface area (Å²) in [6.45, 7) is -4.31. The molecule has 5 nitrogen and oxygen atoms in total. The average Bonchev–Trinajstić information content (AvgIpc) is 1.27. The summed E-state index contributed by atoms with van der Waals surface area (Å²) in [6.07, 6.45) is 0. The van der Waals surface area contributed by atoms with Crippen LogP contribution in [0, 0.1) is 0 Å². The van der Waals surface area contributed by atoms with Crippen LogP contribution in [0.5, 0.6) is 0 Å². The number of hydrogen-bond donors (Lipinski definition) is 3. The van der Waals surface area contributed by atoms with Crippen molar-refractivity contribution in [2.75, 3.05) is 0 Å². The standard InChI is InChI=1S/BH2O2.Ca.H3O3PS/c2-1-3;;1-4(2,3)5/h2-3H;;(H3,1,2,3,5)/q;+2;/p-2. The van der Waals surface area contributed by atoms with Crippen LogP contribution in [0.1, 0.15) is 0 Å². The molecule has 0 unspecified atom stereocenters. The topological polar surface area (TPSA) is 107 Å². The molecule has 0 aliphatic heterocycles. The first-order chi connectivity index (χ1) is 3.41. The fraction of sp³-hybridized carbons (Fsp3) is 0. The van der Waals surface area contributed by atoms with E-state index in [1.807, 2.05) is 0 Å². The van der Waals surface area contributed by atoms with Crippen molar-refractivity contribution in [2.24, 2.45) is 0 Å². The fourth-order valence-corrected chi connectivity index (χ4v) is 0. The maximum Gasteiger partial charge on any atom is 2.00 e. The molecule has 0 amide bonds. The van der Waals surface area contributed by atoms with E-state index in [0.29, 0.717) is 0 Å². The summed E-state index contributed by atoms with van der Waals surface area (Å²) in [7, 11) is 0. The van der Waals surface area contributed by atoms with Crippen LogP contribution in [0.3, 0.4) is 0 Å². The van der Waals surface area contributed by atoms with Crippen LogP contribution >= 0.6 is 6.72 Å². The van der Waals surface area contributed by atoms with Gasteiger partial charge in [-0.2, -0.15) is 0 Å². The van der Waals surface area contributed by atoms with Crippen LogP contribution in [0.2, 0.25) is 0 Å². The minimum absolute atomic E-state index is 0. The molecule has 0 rings (SSSR count). The van der Waals surface area contributed by atoms with Gasteiger partial charge in [-0.3, -0.25) is 0 Å². The van der Waals surface area contributed by atoms with Gasteiger partial charge in [0.25, 0.3) is 0 Å². The Labute approximate surface area is 87.9 Å². The van der Waals surface area contributed by atoms with Gasteiger partial charge in [0, 0.05) is 0 Å². The predicted octanol–water partition coefficient (Wildman–Crippen LogP) is -3.95. The molecule has 0 saturated heterocycles. The van der Waals surface area contributed by atoms with Gasteiger partial charge in [-0.25, -0.2) is 0 Å². The Morgan fingerprint density at radius 3 is 1.33 bits per heavy atom. The summed E-state index contributed by atoms with van der Waals surface area (Å²) in [4.78, 5) is 25.4. The molecule has 0 aromatic carbocycles. The van der Waals surface area contributed by atoms with Crippen molar-refractivity contribution in [3.05, 3.63) is 0 Å². The van der Waals surface area contributed by atoms with Gasteiger partial charge >= 0.3 is 45.4 Å². The van der Waals surface area contributed by atoms with E-state index in [0.717, 1.165) is 0 Å². The third kappa shape index (κ3) is 188. The zero-order valence-corrected chi connectivity index (χ0v) is 8.22. The molecule has 49 valence electrons. The quantitative estimate of drug-likeness (QED) is 0.270. The molecular formula is H3BCaO5PS. The molecule has 9 heteroatoms. The van der Waals surface area contributed by atoms with Gasteiger partial charge in [-0.05, 0) is 0 Å². The Kier molecular flexibility index (Phi) is 18.5. The van der Waals surface area contributed by atoms with Crippen LogP contribution < -0.4 is 9.79 Å². The molecule has 9 heavy (non-hydrogen) atoms. The zero-order chi connectivity index (χ0) is 7.21. The molecule has 0 aromatic rings. The van der Waals surface area contributed by atoms with E-state index in [1.165, 1.54) is 0 Å². The van der Waals surface area contributed by atoms with E-state index in [9.17, 15) is 0 Å². The summed E-state index contributed by atoms with van der Waals surface area (Å²) in [5.41, 5.74) is 0. The van der Waals surface area contributed by atoms with Gasteiger partial charge in [0.15, 0.2) is 0 Å². The van der Waals surface area contributed by atoms with Crippen LogP contribution in [0.4, 0.5) is 0 Å². The van der Waals surface area contributed by atoms with Gasteiger partial charge in [-0.15, -0.1) is 11.8 Å². The van der Waals surface area contributed by atoms with Crippen molar-refractivity contribution >= 4 is 63.9 Å². The Bertz CT molecular complexity index is 72.8. The molecule has 0 fully saturated rings. The molecule has 0 atom stereocenters. The first-order valence-electron chi connectivity index (χ1n) is 1.26. The van der Waals surface area contributed by atoms with Crippen molar-refractivity contribution in [1.29, 1.82) is 0 Å². The smallest absolute Gasteiger partial charge is 0.812 e. The summed E-state index contributed by atoms with van der Waals surface area (Å²) < 4.78 is 0.